The highest BCUT2D eigenvalue weighted by Gasteiger charge is 2.42. The second-order valence-electron chi connectivity index (χ2n) is 4.91. The fourth-order valence-electron chi connectivity index (χ4n) is 2.42. The Kier molecular flexibility index (Phi) is 3.09. The number of likely N-dealkylation sites (tertiary alicyclic amines) is 1. The summed E-state index contributed by atoms with van der Waals surface area (Å²) in [7, 11) is 0. The van der Waals surface area contributed by atoms with Crippen LogP contribution in [0.15, 0.2) is 24.5 Å². The molecule has 0 radical (unpaired) electrons. The van der Waals surface area contributed by atoms with E-state index in [-0.39, 0.29) is 30.4 Å². The van der Waals surface area contributed by atoms with Gasteiger partial charge in [0.15, 0.2) is 0 Å². The second kappa shape index (κ2) is 4.92. The SMILES string of the molecule is O=C(Cc1cccnc1)N1CC(N2C(=O)CNC2=O)C1. The molecule has 3 heterocycles. The zero-order valence-corrected chi connectivity index (χ0v) is 10.8. The van der Waals surface area contributed by atoms with Gasteiger partial charge in [0.2, 0.25) is 11.8 Å². The maximum Gasteiger partial charge on any atom is 0.324 e. The Hall–Kier alpha value is -2.44. The van der Waals surface area contributed by atoms with Crippen LogP contribution in [0.2, 0.25) is 0 Å². The molecule has 2 aliphatic rings. The molecule has 20 heavy (non-hydrogen) atoms. The molecule has 2 fully saturated rings. The molecule has 1 aromatic heterocycles. The Morgan fingerprint density at radius 3 is 2.80 bits per heavy atom. The average Bonchev–Trinajstić information content (AvgIpc) is 2.70. The van der Waals surface area contributed by atoms with Crippen molar-refractivity contribution in [1.29, 1.82) is 0 Å². The number of nitrogens with one attached hydrogen (secondary N) is 1. The number of hydrogen-bond acceptors (Lipinski definition) is 4. The van der Waals surface area contributed by atoms with E-state index in [1.54, 1.807) is 23.4 Å². The number of hydrogen-bond donors (Lipinski definition) is 1. The van der Waals surface area contributed by atoms with E-state index in [0.717, 1.165) is 5.56 Å². The van der Waals surface area contributed by atoms with Gasteiger partial charge in [-0.1, -0.05) is 6.07 Å². The number of amides is 4. The molecule has 2 aliphatic heterocycles. The van der Waals surface area contributed by atoms with Crippen LogP contribution in [0.4, 0.5) is 4.79 Å². The number of carbonyl (C=O) groups excluding carboxylic acids is 3. The Bertz CT molecular complexity index is 538. The van der Waals surface area contributed by atoms with Crippen LogP contribution in [-0.2, 0) is 16.0 Å². The number of imide groups is 1. The first-order chi connectivity index (χ1) is 9.65. The zero-order valence-electron chi connectivity index (χ0n) is 10.8. The first-order valence-corrected chi connectivity index (χ1v) is 6.41. The highest BCUT2D eigenvalue weighted by molar-refractivity contribution is 6.02. The van der Waals surface area contributed by atoms with Crippen LogP contribution in [0, 0.1) is 0 Å². The number of urea groups is 1. The molecule has 1 N–H and O–H groups in total. The molecule has 4 amide bonds. The summed E-state index contributed by atoms with van der Waals surface area (Å²) in [6.45, 7) is 0.884. The summed E-state index contributed by atoms with van der Waals surface area (Å²) < 4.78 is 0. The van der Waals surface area contributed by atoms with Crippen LogP contribution < -0.4 is 5.32 Å². The van der Waals surface area contributed by atoms with Crippen LogP contribution in [-0.4, -0.2) is 58.3 Å². The number of pyridine rings is 1. The summed E-state index contributed by atoms with van der Waals surface area (Å²) in [5.74, 6) is -0.235. The molecule has 0 spiro atoms. The highest BCUT2D eigenvalue weighted by Crippen LogP contribution is 2.18. The molecular weight excluding hydrogens is 260 g/mol. The van der Waals surface area contributed by atoms with Crippen LogP contribution in [0.1, 0.15) is 5.56 Å². The van der Waals surface area contributed by atoms with E-state index in [4.69, 9.17) is 0 Å². The quantitative estimate of drug-likeness (QED) is 0.745. The Labute approximate surface area is 115 Å². The lowest BCUT2D eigenvalue weighted by Gasteiger charge is -2.42. The summed E-state index contributed by atoms with van der Waals surface area (Å²) >= 11 is 0. The summed E-state index contributed by atoms with van der Waals surface area (Å²) in [5.41, 5.74) is 0.857. The van der Waals surface area contributed by atoms with E-state index < -0.39 is 0 Å². The van der Waals surface area contributed by atoms with Crippen LogP contribution >= 0.6 is 0 Å². The van der Waals surface area contributed by atoms with Gasteiger partial charge in [-0.05, 0) is 11.6 Å². The first kappa shape index (κ1) is 12.6. The number of carbonyl (C=O) groups is 3. The van der Waals surface area contributed by atoms with E-state index >= 15 is 0 Å². The third kappa shape index (κ3) is 2.22. The molecule has 0 saturated carbocycles. The topological polar surface area (TPSA) is 82.6 Å². The minimum atomic E-state index is -0.362. The van der Waals surface area contributed by atoms with Gasteiger partial charge in [-0.2, -0.15) is 0 Å². The molecule has 7 nitrogen and oxygen atoms in total. The van der Waals surface area contributed by atoms with Crippen LogP contribution in [0.3, 0.4) is 0 Å². The predicted octanol–water partition coefficient (Wildman–Crippen LogP) is -0.613. The van der Waals surface area contributed by atoms with Crippen LogP contribution in [0.5, 0.6) is 0 Å². The fourth-order valence-corrected chi connectivity index (χ4v) is 2.42. The van der Waals surface area contributed by atoms with E-state index in [0.29, 0.717) is 19.5 Å². The lowest BCUT2D eigenvalue weighted by Crippen LogP contribution is -2.62. The molecule has 0 atom stereocenters. The summed E-state index contributed by atoms with van der Waals surface area (Å²) in [6.07, 6.45) is 3.61. The lowest BCUT2D eigenvalue weighted by molar-refractivity contribution is -0.141. The predicted molar refractivity (Wildman–Crippen MR) is 68.6 cm³/mol. The molecule has 104 valence electrons. The van der Waals surface area contributed by atoms with Gasteiger partial charge >= 0.3 is 6.03 Å². The molecule has 1 aromatic rings. The van der Waals surface area contributed by atoms with Gasteiger partial charge in [0.05, 0.1) is 19.0 Å². The highest BCUT2D eigenvalue weighted by atomic mass is 16.2. The molecular formula is C13H14N4O3. The maximum absolute atomic E-state index is 12.0. The molecule has 0 aliphatic carbocycles. The van der Waals surface area contributed by atoms with Gasteiger partial charge in [-0.15, -0.1) is 0 Å². The van der Waals surface area contributed by atoms with Crippen molar-refractivity contribution < 1.29 is 14.4 Å². The molecule has 0 bridgehead atoms. The maximum atomic E-state index is 12.0. The summed E-state index contributed by atoms with van der Waals surface area (Å²) in [5, 5.41) is 2.48. The van der Waals surface area contributed by atoms with E-state index in [1.807, 2.05) is 6.07 Å². The zero-order chi connectivity index (χ0) is 14.1. The van der Waals surface area contributed by atoms with Gasteiger partial charge in [0, 0.05) is 25.5 Å². The second-order valence-corrected chi connectivity index (χ2v) is 4.91. The number of aromatic nitrogens is 1. The third-order valence-corrected chi connectivity index (χ3v) is 3.54. The molecule has 2 saturated heterocycles. The van der Waals surface area contributed by atoms with Crippen molar-refractivity contribution in [1.82, 2.24) is 20.1 Å². The normalized spacial score (nSPS) is 19.0. The Balaban J connectivity index is 1.54. The Morgan fingerprint density at radius 1 is 1.40 bits per heavy atom. The fraction of sp³-hybridized carbons (Fsp3) is 0.385. The van der Waals surface area contributed by atoms with Crippen molar-refractivity contribution in [2.24, 2.45) is 0 Å². The smallest absolute Gasteiger partial charge is 0.324 e. The third-order valence-electron chi connectivity index (χ3n) is 3.54. The van der Waals surface area contributed by atoms with E-state index in [1.165, 1.54) is 4.90 Å². The average molecular weight is 274 g/mol. The monoisotopic (exact) mass is 274 g/mol. The van der Waals surface area contributed by atoms with Gasteiger partial charge < -0.3 is 10.2 Å². The molecule has 3 rings (SSSR count). The van der Waals surface area contributed by atoms with Crippen LogP contribution in [0.25, 0.3) is 0 Å². The first-order valence-electron chi connectivity index (χ1n) is 6.41. The van der Waals surface area contributed by atoms with E-state index in [9.17, 15) is 14.4 Å². The van der Waals surface area contributed by atoms with Crippen molar-refractivity contribution >= 4 is 17.8 Å². The largest absolute Gasteiger partial charge is 0.338 e. The molecule has 0 aromatic carbocycles. The van der Waals surface area contributed by atoms with Crippen molar-refractivity contribution in [3.05, 3.63) is 30.1 Å². The minimum Gasteiger partial charge on any atom is -0.338 e. The van der Waals surface area contributed by atoms with Gasteiger partial charge in [0.1, 0.15) is 0 Å². The van der Waals surface area contributed by atoms with Gasteiger partial charge in [-0.25, -0.2) is 4.79 Å². The number of rotatable bonds is 3. The standard InChI is InChI=1S/C13H14N4O3/c18-11(4-9-2-1-3-14-5-9)16-7-10(8-16)17-12(19)6-15-13(17)20/h1-3,5,10H,4,6-8H2,(H,15,20). The molecule has 7 heteroatoms. The van der Waals surface area contributed by atoms with Crippen molar-refractivity contribution in [2.45, 2.75) is 12.5 Å². The van der Waals surface area contributed by atoms with Crippen molar-refractivity contribution in [3.8, 4) is 0 Å². The summed E-state index contributed by atoms with van der Waals surface area (Å²) in [4.78, 5) is 41.8. The lowest BCUT2D eigenvalue weighted by atomic mass is 10.1. The van der Waals surface area contributed by atoms with E-state index in [2.05, 4.69) is 10.3 Å². The van der Waals surface area contributed by atoms with Crippen molar-refractivity contribution in [3.63, 3.8) is 0 Å². The Morgan fingerprint density at radius 2 is 2.20 bits per heavy atom. The molecule has 0 unspecified atom stereocenters. The number of nitrogens with zero attached hydrogens (tertiary/aromatic N) is 3. The minimum absolute atomic E-state index is 0.0127. The van der Waals surface area contributed by atoms with Gasteiger partial charge in [0.25, 0.3) is 0 Å². The van der Waals surface area contributed by atoms with Crippen molar-refractivity contribution in [2.75, 3.05) is 19.6 Å². The van der Waals surface area contributed by atoms with Gasteiger partial charge in [-0.3, -0.25) is 19.5 Å². The summed E-state index contributed by atoms with van der Waals surface area (Å²) in [6, 6.07) is 3.08.